The van der Waals surface area contributed by atoms with Crippen molar-refractivity contribution in [2.24, 2.45) is 5.92 Å². The first-order valence-corrected chi connectivity index (χ1v) is 21.1. The van der Waals surface area contributed by atoms with Crippen LogP contribution in [0.3, 0.4) is 0 Å². The van der Waals surface area contributed by atoms with Gasteiger partial charge < -0.3 is 44.0 Å². The predicted molar refractivity (Wildman–Crippen MR) is 236 cm³/mol. The largest absolute Gasteiger partial charge is 0.488 e. The normalized spacial score (nSPS) is 15.3. The summed E-state index contributed by atoms with van der Waals surface area (Å²) >= 11 is 0. The summed E-state index contributed by atoms with van der Waals surface area (Å²) in [5.41, 5.74) is 6.13. The number of rotatable bonds is 14. The molecule has 1 saturated heterocycles. The monoisotopic (exact) mass is 856 g/mol. The Morgan fingerprint density at radius 3 is 2.40 bits per heavy atom. The second-order valence-corrected chi connectivity index (χ2v) is 15.6. The van der Waals surface area contributed by atoms with Crippen LogP contribution < -0.4 is 15.4 Å². The Kier molecular flexibility index (Phi) is 13.5. The van der Waals surface area contributed by atoms with Gasteiger partial charge in [0, 0.05) is 30.7 Å². The number of aromatic amines is 2. The third kappa shape index (κ3) is 9.13. The minimum absolute atomic E-state index is 0.0292. The molecule has 0 saturated carbocycles. The summed E-state index contributed by atoms with van der Waals surface area (Å²) in [6.45, 7) is 7.70. The highest BCUT2D eigenvalue weighted by Crippen LogP contribution is 2.43. The van der Waals surface area contributed by atoms with E-state index in [1.165, 1.54) is 19.1 Å². The number of hydrogen-bond donors (Lipinski definition) is 4. The molecule has 16 nitrogen and oxygen atoms in total. The van der Waals surface area contributed by atoms with E-state index in [9.17, 15) is 19.2 Å². The van der Waals surface area contributed by atoms with Crippen LogP contribution in [0.5, 0.6) is 5.75 Å². The lowest BCUT2D eigenvalue weighted by molar-refractivity contribution is -0.138. The number of fused-ring (bicyclic) bond motifs is 6. The van der Waals surface area contributed by atoms with Gasteiger partial charge in [0.15, 0.2) is 6.04 Å². The van der Waals surface area contributed by atoms with E-state index in [1.54, 1.807) is 11.1 Å². The minimum Gasteiger partial charge on any atom is -0.488 e. The number of nitrogens with one attached hydrogen (secondary N) is 4. The van der Waals surface area contributed by atoms with E-state index < -0.39 is 42.3 Å². The molecule has 16 heteroatoms. The van der Waals surface area contributed by atoms with E-state index in [4.69, 9.17) is 32.0 Å². The van der Waals surface area contributed by atoms with Gasteiger partial charge in [-0.05, 0) is 84.9 Å². The van der Waals surface area contributed by atoms with Crippen molar-refractivity contribution in [3.05, 3.63) is 65.9 Å². The van der Waals surface area contributed by atoms with Gasteiger partial charge >= 0.3 is 12.2 Å². The number of alkyl carbamates (subject to hydrolysis) is 2. The summed E-state index contributed by atoms with van der Waals surface area (Å²) in [4.78, 5) is 71.7. The molecule has 5 aromatic rings. The molecule has 0 bridgehead atoms. The number of carbonyl (C=O) groups excluding carboxylic acids is 4. The maximum atomic E-state index is 14.3. The quantitative estimate of drug-likeness (QED) is 0.0933. The molecule has 2 aliphatic rings. The van der Waals surface area contributed by atoms with Crippen LogP contribution in [0.15, 0.2) is 48.7 Å². The number of nitrogens with zero attached hydrogens (tertiary/aromatic N) is 4. The minimum atomic E-state index is -1.28. The molecule has 2 aliphatic heterocycles. The fraction of sp³-hybridized carbons (Fsp3) is 0.404. The molecule has 0 aliphatic carbocycles. The van der Waals surface area contributed by atoms with E-state index in [0.717, 1.165) is 55.5 Å². The van der Waals surface area contributed by atoms with Crippen molar-refractivity contribution < 1.29 is 38.1 Å². The first kappa shape index (κ1) is 44.0. The first-order valence-electron chi connectivity index (χ1n) is 21.1. The molecule has 328 valence electrons. The fourth-order valence-electron chi connectivity index (χ4n) is 8.39. The Bertz CT molecular complexity index is 2600. The molecule has 1 fully saturated rings. The van der Waals surface area contributed by atoms with Crippen LogP contribution in [0.1, 0.15) is 69.7 Å². The number of imidazole rings is 2. The Morgan fingerprint density at radius 1 is 0.937 bits per heavy atom. The Hall–Kier alpha value is -7.04. The molecular weight excluding hydrogens is 805 g/mol. The lowest BCUT2D eigenvalue weighted by Crippen LogP contribution is -2.54. The average Bonchev–Trinajstić information content (AvgIpc) is 3.98. The summed E-state index contributed by atoms with van der Waals surface area (Å²) < 4.78 is 21.5. The van der Waals surface area contributed by atoms with Crippen molar-refractivity contribution in [2.45, 2.75) is 83.8 Å². The van der Waals surface area contributed by atoms with E-state index >= 15 is 0 Å². The Labute approximate surface area is 365 Å². The molecule has 63 heavy (non-hydrogen) atoms. The van der Waals surface area contributed by atoms with Gasteiger partial charge in [-0.25, -0.2) is 19.6 Å². The van der Waals surface area contributed by atoms with Gasteiger partial charge in [-0.1, -0.05) is 43.9 Å². The Morgan fingerprint density at radius 2 is 1.70 bits per heavy atom. The smallest absolute Gasteiger partial charge is 0.408 e. The number of hydrogen-bond acceptors (Lipinski definition) is 10. The van der Waals surface area contributed by atoms with Crippen LogP contribution in [0.2, 0.25) is 0 Å². The van der Waals surface area contributed by atoms with Gasteiger partial charge in [-0.15, -0.1) is 12.8 Å². The maximum Gasteiger partial charge on any atom is 0.408 e. The highest BCUT2D eigenvalue weighted by atomic mass is 16.5. The van der Waals surface area contributed by atoms with Gasteiger partial charge in [-0.3, -0.25) is 14.9 Å². The lowest BCUT2D eigenvalue weighted by Gasteiger charge is -2.36. The summed E-state index contributed by atoms with van der Waals surface area (Å²) in [5.74, 6) is 5.97. The topological polar surface area (TPSA) is 193 Å². The van der Waals surface area contributed by atoms with Gasteiger partial charge in [0.25, 0.3) is 5.91 Å². The third-order valence-corrected chi connectivity index (χ3v) is 11.8. The summed E-state index contributed by atoms with van der Waals surface area (Å²) in [6.07, 6.45) is 14.1. The molecule has 4 heterocycles. The number of methoxy groups -OCH3 is 2. The van der Waals surface area contributed by atoms with Crippen LogP contribution in [-0.4, -0.2) is 106 Å². The molecule has 0 spiro atoms. The number of carbonyl (C=O) groups is 4. The van der Waals surface area contributed by atoms with Crippen molar-refractivity contribution in [2.75, 3.05) is 34.0 Å². The zero-order valence-electron chi connectivity index (χ0n) is 36.1. The van der Waals surface area contributed by atoms with Crippen molar-refractivity contribution in [3.63, 3.8) is 0 Å². The van der Waals surface area contributed by atoms with Gasteiger partial charge in [0.2, 0.25) is 5.91 Å². The van der Waals surface area contributed by atoms with Gasteiger partial charge in [0.05, 0.1) is 55.8 Å². The number of amides is 4. The van der Waals surface area contributed by atoms with Crippen molar-refractivity contribution >= 4 is 45.8 Å². The molecular formula is C47H52N8O8. The molecule has 4 unspecified atom stereocenters. The van der Waals surface area contributed by atoms with E-state index in [-0.39, 0.29) is 18.4 Å². The molecule has 4 atom stereocenters. The average molecular weight is 857 g/mol. The summed E-state index contributed by atoms with van der Waals surface area (Å²) in [5, 5.41) is 7.07. The van der Waals surface area contributed by atoms with Crippen LogP contribution in [0.4, 0.5) is 9.59 Å². The molecule has 4 N–H and O–H groups in total. The second kappa shape index (κ2) is 19.3. The molecule has 4 amide bonds. The number of terminal acetylenes is 2. The first-order chi connectivity index (χ1) is 30.5. The SMILES string of the molecule is C#CC(NC(=O)OC)C(=O)N(Cc1ncc(-c2ccc3c(c2)COc2cc4c(ccc5[nH]c(C(C)N(CCC)C(=O)C(NC(=O)OC)C6CCOCC6)nc54)cc2-3)[nH]1)C(C#C)CC. The number of aromatic nitrogens is 4. The van der Waals surface area contributed by atoms with Crippen molar-refractivity contribution in [1.29, 1.82) is 0 Å². The highest BCUT2D eigenvalue weighted by molar-refractivity contribution is 6.07. The highest BCUT2D eigenvalue weighted by Gasteiger charge is 2.37. The van der Waals surface area contributed by atoms with E-state index in [2.05, 4.69) is 60.4 Å². The van der Waals surface area contributed by atoms with Gasteiger partial charge in [0.1, 0.15) is 30.0 Å². The third-order valence-electron chi connectivity index (χ3n) is 11.8. The maximum absolute atomic E-state index is 14.3. The molecule has 3 aromatic carbocycles. The summed E-state index contributed by atoms with van der Waals surface area (Å²) in [7, 11) is 2.48. The standard InChI is InChI=1S/C47H52N8O8/c1-8-18-54(45(57)41(53-47(59)61-7)28-16-19-62-20-17-28)27(5)43-50-37-15-13-29-22-35-33-14-12-30(21-31(33)26-63-39(35)23-34(29)42(37)52-43)38-24-48-40(49-38)25-55(32(9-2)10-3)44(56)36(11-4)51-46(58)60-6/h2,4,12-15,21-24,27-28,32,36,41H,8,10,16-20,25-26H2,1,3,5-7H3,(H,48,49)(H,50,52)(H,51,58)(H,53,59). The van der Waals surface area contributed by atoms with Crippen LogP contribution in [-0.2, 0) is 37.0 Å². The van der Waals surface area contributed by atoms with E-state index in [1.807, 2.05) is 45.0 Å². The van der Waals surface area contributed by atoms with Crippen LogP contribution in [0, 0.1) is 30.6 Å². The number of benzene rings is 3. The lowest BCUT2D eigenvalue weighted by atomic mass is 9.90. The second-order valence-electron chi connectivity index (χ2n) is 15.6. The van der Waals surface area contributed by atoms with Crippen LogP contribution >= 0.6 is 0 Å². The van der Waals surface area contributed by atoms with Crippen LogP contribution in [0.25, 0.3) is 44.2 Å². The van der Waals surface area contributed by atoms with Crippen molar-refractivity contribution in [1.82, 2.24) is 40.4 Å². The molecule has 7 rings (SSSR count). The van der Waals surface area contributed by atoms with E-state index in [0.29, 0.717) is 63.7 Å². The predicted octanol–water partition coefficient (Wildman–Crippen LogP) is 6.21. The number of H-pyrrole nitrogens is 2. The van der Waals surface area contributed by atoms with Gasteiger partial charge in [-0.2, -0.15) is 0 Å². The fourth-order valence-corrected chi connectivity index (χ4v) is 8.39. The molecule has 0 radical (unpaired) electrons. The zero-order valence-corrected chi connectivity index (χ0v) is 36.1. The summed E-state index contributed by atoms with van der Waals surface area (Å²) in [6, 6.07) is 11.2. The zero-order chi connectivity index (χ0) is 44.8. The molecule has 2 aromatic heterocycles. The number of ether oxygens (including phenoxy) is 4. The van der Waals surface area contributed by atoms with Crippen molar-refractivity contribution in [3.8, 4) is 52.8 Å². The Balaban J connectivity index is 1.13.